The fourth-order valence-electron chi connectivity index (χ4n) is 3.80. The maximum absolute atomic E-state index is 12.9. The number of nitrogens with zero attached hydrogens (tertiary/aromatic N) is 2. The summed E-state index contributed by atoms with van der Waals surface area (Å²) in [4.78, 5) is 18.2. The first-order valence-corrected chi connectivity index (χ1v) is 12.0. The Kier molecular flexibility index (Phi) is 9.66. The van der Waals surface area contributed by atoms with Crippen LogP contribution in [-0.4, -0.2) is 47.5 Å². The molecule has 2 heterocycles. The molecule has 0 spiro atoms. The molecule has 1 saturated heterocycles. The van der Waals surface area contributed by atoms with E-state index in [2.05, 4.69) is 16.6 Å². The van der Waals surface area contributed by atoms with Crippen LogP contribution < -0.4 is 4.72 Å². The number of unbranched alkanes of at least 4 members (excludes halogenated alkanes) is 1. The van der Waals surface area contributed by atoms with Gasteiger partial charge in [0.15, 0.2) is 0 Å². The average Bonchev–Trinajstić information content (AvgIpc) is 3.05. The second kappa shape index (κ2) is 11.8. The number of likely N-dealkylation sites (tertiary alicyclic amines) is 1. The number of carboxylic acids is 1. The van der Waals surface area contributed by atoms with Gasteiger partial charge in [0, 0.05) is 30.0 Å². The van der Waals surface area contributed by atoms with Crippen molar-refractivity contribution in [2.24, 2.45) is 0 Å². The molecule has 3 unspecified atom stereocenters. The lowest BCUT2D eigenvalue weighted by Gasteiger charge is -2.27. The topological polar surface area (TPSA) is 99.6 Å². The van der Waals surface area contributed by atoms with Gasteiger partial charge in [-0.25, -0.2) is 13.1 Å². The van der Waals surface area contributed by atoms with Gasteiger partial charge < -0.3 is 5.11 Å². The molecular weight excluding hydrogens is 473 g/mol. The molecular formula is C22H27Cl2N3O4S. The van der Waals surface area contributed by atoms with Crippen molar-refractivity contribution in [1.29, 1.82) is 0 Å². The van der Waals surface area contributed by atoms with E-state index < -0.39 is 28.1 Å². The number of hydrogen-bond acceptors (Lipinski definition) is 5. The van der Waals surface area contributed by atoms with Gasteiger partial charge >= 0.3 is 5.97 Å². The highest BCUT2D eigenvalue weighted by molar-refractivity contribution is 7.89. The molecule has 1 aliphatic rings. The van der Waals surface area contributed by atoms with E-state index in [1.54, 1.807) is 18.5 Å². The van der Waals surface area contributed by atoms with Crippen molar-refractivity contribution in [2.75, 3.05) is 0 Å². The molecule has 10 heteroatoms. The lowest BCUT2D eigenvalue weighted by Crippen LogP contribution is -2.49. The fourth-order valence-corrected chi connectivity index (χ4v) is 5.18. The monoisotopic (exact) mass is 499 g/mol. The van der Waals surface area contributed by atoms with Crippen LogP contribution in [0.15, 0.2) is 65.8 Å². The van der Waals surface area contributed by atoms with E-state index >= 15 is 0 Å². The van der Waals surface area contributed by atoms with E-state index in [1.165, 1.54) is 24.3 Å². The first kappa shape index (κ1) is 26.3. The number of allylic oxidation sites excluding steroid dienone is 1. The molecule has 3 rings (SSSR count). The van der Waals surface area contributed by atoms with E-state index in [4.69, 9.17) is 11.6 Å². The summed E-state index contributed by atoms with van der Waals surface area (Å²) in [5, 5.41) is 10.4. The Morgan fingerprint density at radius 1 is 1.31 bits per heavy atom. The van der Waals surface area contributed by atoms with Crippen molar-refractivity contribution in [1.82, 2.24) is 14.6 Å². The van der Waals surface area contributed by atoms with Gasteiger partial charge in [-0.15, -0.1) is 12.4 Å². The summed E-state index contributed by atoms with van der Waals surface area (Å²) < 4.78 is 28.4. The third-order valence-electron chi connectivity index (χ3n) is 5.24. The minimum absolute atomic E-state index is 0. The zero-order valence-electron chi connectivity index (χ0n) is 17.6. The van der Waals surface area contributed by atoms with Crippen molar-refractivity contribution in [3.63, 3.8) is 0 Å². The molecule has 7 nitrogen and oxygen atoms in total. The van der Waals surface area contributed by atoms with Crippen molar-refractivity contribution < 1.29 is 18.3 Å². The molecule has 0 bridgehead atoms. The van der Waals surface area contributed by atoms with Crippen LogP contribution in [0.4, 0.5) is 0 Å². The molecule has 0 radical (unpaired) electrons. The molecule has 1 aliphatic heterocycles. The summed E-state index contributed by atoms with van der Waals surface area (Å²) >= 11 is 5.86. The number of benzene rings is 1. The molecule has 1 aromatic carbocycles. The number of pyridine rings is 1. The van der Waals surface area contributed by atoms with E-state index in [1.807, 2.05) is 23.1 Å². The van der Waals surface area contributed by atoms with Crippen molar-refractivity contribution in [3.8, 4) is 0 Å². The third kappa shape index (κ3) is 6.52. The molecule has 174 valence electrons. The molecule has 0 amide bonds. The predicted molar refractivity (Wildman–Crippen MR) is 126 cm³/mol. The van der Waals surface area contributed by atoms with Crippen molar-refractivity contribution in [2.45, 2.75) is 55.8 Å². The van der Waals surface area contributed by atoms with Crippen LogP contribution in [0, 0.1) is 0 Å². The van der Waals surface area contributed by atoms with E-state index in [0.29, 0.717) is 18.0 Å². The summed E-state index contributed by atoms with van der Waals surface area (Å²) in [6.45, 7) is 2.42. The molecule has 0 aliphatic carbocycles. The average molecular weight is 500 g/mol. The highest BCUT2D eigenvalue weighted by atomic mass is 35.5. The first-order valence-electron chi connectivity index (χ1n) is 10.1. The van der Waals surface area contributed by atoms with Crippen LogP contribution in [0.25, 0.3) is 0 Å². The summed E-state index contributed by atoms with van der Waals surface area (Å²) in [5.74, 6) is -1.07. The van der Waals surface area contributed by atoms with Gasteiger partial charge in [-0.05, 0) is 48.7 Å². The predicted octanol–water partition coefficient (Wildman–Crippen LogP) is 3.89. The molecule has 0 saturated carbocycles. The Morgan fingerprint density at radius 2 is 2.03 bits per heavy atom. The number of aromatic nitrogens is 1. The van der Waals surface area contributed by atoms with Gasteiger partial charge in [-0.1, -0.05) is 43.2 Å². The number of sulfonamides is 1. The van der Waals surface area contributed by atoms with E-state index in [0.717, 1.165) is 18.4 Å². The Morgan fingerprint density at radius 3 is 2.62 bits per heavy atom. The molecule has 32 heavy (non-hydrogen) atoms. The Labute approximate surface area is 200 Å². The van der Waals surface area contributed by atoms with Gasteiger partial charge in [-0.2, -0.15) is 0 Å². The Bertz CT molecular complexity index is 1020. The van der Waals surface area contributed by atoms with Crippen LogP contribution in [-0.2, 0) is 21.4 Å². The van der Waals surface area contributed by atoms with Crippen LogP contribution in [0.5, 0.6) is 0 Å². The third-order valence-corrected chi connectivity index (χ3v) is 7.00. The van der Waals surface area contributed by atoms with E-state index in [9.17, 15) is 18.3 Å². The highest BCUT2D eigenvalue weighted by Gasteiger charge is 2.46. The number of carboxylic acid groups (broad SMARTS) is 1. The summed E-state index contributed by atoms with van der Waals surface area (Å²) in [6, 6.07) is 7.45. The Balaban J connectivity index is 0.00000363. The summed E-state index contributed by atoms with van der Waals surface area (Å²) in [6.07, 6.45) is 9.55. The smallest absolute Gasteiger partial charge is 0.322 e. The van der Waals surface area contributed by atoms with Crippen LogP contribution in [0.3, 0.4) is 0 Å². The summed E-state index contributed by atoms with van der Waals surface area (Å²) in [5.41, 5.74) is 0.865. The molecule has 1 aromatic heterocycles. The van der Waals surface area contributed by atoms with Crippen LogP contribution in [0.2, 0.25) is 5.02 Å². The number of rotatable bonds is 9. The lowest BCUT2D eigenvalue weighted by atomic mass is 10.1. The van der Waals surface area contributed by atoms with Gasteiger partial charge in [0.2, 0.25) is 10.0 Å². The maximum atomic E-state index is 12.9. The van der Waals surface area contributed by atoms with Gasteiger partial charge in [-0.3, -0.25) is 14.7 Å². The molecule has 1 fully saturated rings. The van der Waals surface area contributed by atoms with Gasteiger partial charge in [0.25, 0.3) is 0 Å². The molecule has 2 aromatic rings. The van der Waals surface area contributed by atoms with Gasteiger partial charge in [0.05, 0.1) is 10.9 Å². The number of nitrogens with one attached hydrogen (secondary N) is 1. The fraction of sp³-hybridized carbons (Fsp3) is 0.364. The number of carbonyl (C=O) groups is 1. The molecule has 2 N–H and O–H groups in total. The highest BCUT2D eigenvalue weighted by Crippen LogP contribution is 2.29. The van der Waals surface area contributed by atoms with E-state index in [-0.39, 0.29) is 23.3 Å². The van der Waals surface area contributed by atoms with Gasteiger partial charge in [0.1, 0.15) is 6.04 Å². The second-order valence-corrected chi connectivity index (χ2v) is 9.67. The maximum Gasteiger partial charge on any atom is 0.322 e. The number of aliphatic carboxylic acids is 1. The first-order chi connectivity index (χ1) is 14.8. The number of hydrogen-bond donors (Lipinski definition) is 2. The minimum atomic E-state index is -3.91. The quantitative estimate of drug-likeness (QED) is 0.507. The van der Waals surface area contributed by atoms with Crippen molar-refractivity contribution >= 4 is 40.0 Å². The molecule has 3 atom stereocenters. The van der Waals surface area contributed by atoms with Crippen molar-refractivity contribution in [3.05, 3.63) is 71.5 Å². The zero-order chi connectivity index (χ0) is 22.4. The summed E-state index contributed by atoms with van der Waals surface area (Å²) in [7, 11) is -3.91. The number of halogens is 2. The Hall–Kier alpha value is -1.97. The van der Waals surface area contributed by atoms with Crippen LogP contribution in [0.1, 0.15) is 31.7 Å². The SMILES string of the molecule is CCC/C=C\C1CC(NS(=O)(=O)c2ccc(Cl)cc2)C(C(=O)O)N1Cc1cccnc1.Cl. The largest absolute Gasteiger partial charge is 0.480 e. The second-order valence-electron chi connectivity index (χ2n) is 7.52. The lowest BCUT2D eigenvalue weighted by molar-refractivity contribution is -0.143. The van der Waals surface area contributed by atoms with Crippen LogP contribution >= 0.6 is 24.0 Å². The zero-order valence-corrected chi connectivity index (χ0v) is 20.0. The standard InChI is InChI=1S/C22H26ClN3O4S.ClH/c1-2-3-4-7-18-13-20(25-31(29,30)19-10-8-17(23)9-11-19)21(22(27)28)26(18)15-16-6-5-12-24-14-16;/h4-12,14,18,20-21,25H,2-3,13,15H2,1H3,(H,27,28);1H/b7-4-;. The normalized spacial score (nSPS) is 21.5. The minimum Gasteiger partial charge on any atom is -0.480 e.